The molecule has 5 unspecified atom stereocenters. The third kappa shape index (κ3) is 7.29. The number of nitrogens with zero attached hydrogens (tertiary/aromatic N) is 3. The molecule has 0 amide bonds. The average molecular weight is 469 g/mol. The number of hydrogen-bond donors (Lipinski definition) is 0. The van der Waals surface area contributed by atoms with Gasteiger partial charge in [0.25, 0.3) is 0 Å². The number of hydrogen-bond acceptors (Lipinski definition) is 8. The van der Waals surface area contributed by atoms with E-state index in [2.05, 4.69) is 10.0 Å². The maximum Gasteiger partial charge on any atom is 0.304 e. The summed E-state index contributed by atoms with van der Waals surface area (Å²) in [5, 5.41) is 3.81. The first kappa shape index (κ1) is 25.2. The zero-order valence-electron chi connectivity index (χ0n) is 19.0. The van der Waals surface area contributed by atoms with Crippen LogP contribution in [0.3, 0.4) is 0 Å². The van der Waals surface area contributed by atoms with Gasteiger partial charge in [0.1, 0.15) is 31.0 Å². The topological polar surface area (TPSA) is 129 Å². The summed E-state index contributed by atoms with van der Waals surface area (Å²) in [4.78, 5) is 26.1. The van der Waals surface area contributed by atoms with Gasteiger partial charge >= 0.3 is 11.9 Å². The monoisotopic (exact) mass is 469 g/mol. The van der Waals surface area contributed by atoms with Crippen LogP contribution in [0.1, 0.15) is 25.0 Å². The second-order valence-corrected chi connectivity index (χ2v) is 7.67. The molecule has 0 aromatic heterocycles. The second kappa shape index (κ2) is 12.7. The zero-order chi connectivity index (χ0) is 24.3. The lowest BCUT2D eigenvalue weighted by Crippen LogP contribution is -2.60. The zero-order valence-corrected chi connectivity index (χ0v) is 19.0. The van der Waals surface area contributed by atoms with Gasteiger partial charge in [-0.15, -0.1) is 0 Å². The van der Waals surface area contributed by atoms with Crippen molar-refractivity contribution in [2.24, 2.45) is 5.11 Å². The molecule has 0 saturated carbocycles. The second-order valence-electron chi connectivity index (χ2n) is 7.67. The minimum Gasteiger partial charge on any atom is -0.463 e. The van der Waals surface area contributed by atoms with Crippen LogP contribution in [-0.4, -0.2) is 49.2 Å². The molecule has 34 heavy (non-hydrogen) atoms. The first-order valence-corrected chi connectivity index (χ1v) is 10.8. The van der Waals surface area contributed by atoms with Crippen molar-refractivity contribution in [3.8, 4) is 0 Å². The summed E-state index contributed by atoms with van der Waals surface area (Å²) in [6, 6.07) is 17.8. The van der Waals surface area contributed by atoms with Gasteiger partial charge in [-0.1, -0.05) is 65.8 Å². The van der Waals surface area contributed by atoms with Gasteiger partial charge in [0.15, 0.2) is 0 Å². The molecule has 180 valence electrons. The normalized spacial score (nSPS) is 24.0. The average Bonchev–Trinajstić information content (AvgIpc) is 2.83. The maximum atomic E-state index is 11.7. The number of ether oxygens (including phenoxy) is 5. The third-order valence-electron chi connectivity index (χ3n) is 5.10. The SMILES string of the molecule is CC(=O)OCC1OC(OC(C)=O)C(N=[N+]=[N-])C(OCc2ccccc2)C1OCc1ccccc1. The molecule has 1 aliphatic rings. The summed E-state index contributed by atoms with van der Waals surface area (Å²) < 4.78 is 28.7. The highest BCUT2D eigenvalue weighted by Gasteiger charge is 2.49. The number of esters is 2. The van der Waals surface area contributed by atoms with Crippen LogP contribution in [0.25, 0.3) is 10.4 Å². The van der Waals surface area contributed by atoms with Crippen LogP contribution in [-0.2, 0) is 46.5 Å². The molecule has 0 spiro atoms. The van der Waals surface area contributed by atoms with Crippen LogP contribution in [0.5, 0.6) is 0 Å². The van der Waals surface area contributed by atoms with Crippen molar-refractivity contribution >= 4 is 11.9 Å². The lowest BCUT2D eigenvalue weighted by molar-refractivity contribution is -0.277. The predicted octanol–water partition coefficient (Wildman–Crippen LogP) is 3.69. The van der Waals surface area contributed by atoms with Crippen molar-refractivity contribution in [1.29, 1.82) is 0 Å². The van der Waals surface area contributed by atoms with Crippen LogP contribution in [0.15, 0.2) is 65.8 Å². The molecule has 1 heterocycles. The molecular weight excluding hydrogens is 442 g/mol. The van der Waals surface area contributed by atoms with Gasteiger partial charge in [0, 0.05) is 18.8 Å². The Bertz CT molecular complexity index is 983. The minimum absolute atomic E-state index is 0.166. The van der Waals surface area contributed by atoms with Gasteiger partial charge < -0.3 is 23.7 Å². The first-order chi connectivity index (χ1) is 16.5. The summed E-state index contributed by atoms with van der Waals surface area (Å²) >= 11 is 0. The molecule has 0 aliphatic carbocycles. The molecule has 1 aliphatic heterocycles. The maximum absolute atomic E-state index is 11.7. The third-order valence-corrected chi connectivity index (χ3v) is 5.10. The van der Waals surface area contributed by atoms with Gasteiger partial charge in [-0.25, -0.2) is 0 Å². The van der Waals surface area contributed by atoms with Crippen molar-refractivity contribution in [3.63, 3.8) is 0 Å². The van der Waals surface area contributed by atoms with Crippen molar-refractivity contribution in [2.45, 2.75) is 57.7 Å². The molecular formula is C24H27N3O7. The van der Waals surface area contributed by atoms with E-state index in [1.165, 1.54) is 13.8 Å². The molecule has 10 heteroatoms. The van der Waals surface area contributed by atoms with E-state index in [0.29, 0.717) is 0 Å². The largest absolute Gasteiger partial charge is 0.463 e. The van der Waals surface area contributed by atoms with E-state index in [9.17, 15) is 15.1 Å². The van der Waals surface area contributed by atoms with Gasteiger partial charge in [-0.05, 0) is 16.7 Å². The Morgan fingerprint density at radius 1 is 0.912 bits per heavy atom. The summed E-state index contributed by atoms with van der Waals surface area (Å²) in [6.07, 6.45) is -3.75. The molecule has 1 saturated heterocycles. The summed E-state index contributed by atoms with van der Waals surface area (Å²) in [6.45, 7) is 2.72. The van der Waals surface area contributed by atoms with E-state index in [-0.39, 0.29) is 19.8 Å². The highest BCUT2D eigenvalue weighted by atomic mass is 16.7. The summed E-state index contributed by atoms with van der Waals surface area (Å²) in [7, 11) is 0. The Labute approximate surface area is 197 Å². The summed E-state index contributed by atoms with van der Waals surface area (Å²) in [5.74, 6) is -1.13. The van der Waals surface area contributed by atoms with Gasteiger partial charge in [-0.3, -0.25) is 9.59 Å². The number of carbonyl (C=O) groups is 2. The molecule has 0 radical (unpaired) electrons. The Morgan fingerprint density at radius 3 is 1.97 bits per heavy atom. The number of azide groups is 1. The fraction of sp³-hybridized carbons (Fsp3) is 0.417. The molecule has 10 nitrogen and oxygen atoms in total. The smallest absolute Gasteiger partial charge is 0.304 e. The van der Waals surface area contributed by atoms with E-state index in [4.69, 9.17) is 23.7 Å². The Morgan fingerprint density at radius 2 is 1.47 bits per heavy atom. The molecule has 2 aromatic rings. The van der Waals surface area contributed by atoms with Crippen molar-refractivity contribution < 1.29 is 33.3 Å². The van der Waals surface area contributed by atoms with Crippen molar-refractivity contribution in [2.75, 3.05) is 6.61 Å². The molecule has 5 atom stereocenters. The van der Waals surface area contributed by atoms with Crippen LogP contribution >= 0.6 is 0 Å². The van der Waals surface area contributed by atoms with Gasteiger partial charge in [-0.2, -0.15) is 0 Å². The number of benzene rings is 2. The molecule has 3 rings (SSSR count). The first-order valence-electron chi connectivity index (χ1n) is 10.8. The fourth-order valence-corrected chi connectivity index (χ4v) is 3.59. The van der Waals surface area contributed by atoms with E-state index < -0.39 is 42.6 Å². The number of rotatable bonds is 10. The standard InChI is InChI=1S/C24H27N3O7/c1-16(28)30-15-20-22(31-13-18-9-5-3-6-10-18)23(32-14-19-11-7-4-8-12-19)21(26-27-25)24(34-20)33-17(2)29/h3-12,20-24H,13-15H2,1-2H3. The number of carbonyl (C=O) groups excluding carboxylic acids is 2. The predicted molar refractivity (Wildman–Crippen MR) is 120 cm³/mol. The summed E-state index contributed by atoms with van der Waals surface area (Å²) in [5.41, 5.74) is 11.0. The van der Waals surface area contributed by atoms with Crippen LogP contribution < -0.4 is 0 Å². The van der Waals surface area contributed by atoms with Crippen LogP contribution in [0.2, 0.25) is 0 Å². The van der Waals surface area contributed by atoms with Crippen molar-refractivity contribution in [1.82, 2.24) is 0 Å². The highest BCUT2D eigenvalue weighted by Crippen LogP contribution is 2.31. The van der Waals surface area contributed by atoms with E-state index >= 15 is 0 Å². The molecule has 1 fully saturated rings. The lowest BCUT2D eigenvalue weighted by atomic mass is 9.96. The van der Waals surface area contributed by atoms with Gasteiger partial charge in [0.2, 0.25) is 6.29 Å². The van der Waals surface area contributed by atoms with Crippen LogP contribution in [0, 0.1) is 0 Å². The van der Waals surface area contributed by atoms with E-state index in [0.717, 1.165) is 11.1 Å². The van der Waals surface area contributed by atoms with E-state index in [1.807, 2.05) is 60.7 Å². The highest BCUT2D eigenvalue weighted by molar-refractivity contribution is 5.66. The Hall–Kier alpha value is -3.43. The molecule has 0 N–H and O–H groups in total. The Balaban J connectivity index is 1.91. The minimum atomic E-state index is -1.24. The van der Waals surface area contributed by atoms with Gasteiger partial charge in [0.05, 0.1) is 13.2 Å². The quantitative estimate of drug-likeness (QED) is 0.225. The fourth-order valence-electron chi connectivity index (χ4n) is 3.59. The molecule has 2 aromatic carbocycles. The van der Waals surface area contributed by atoms with Crippen molar-refractivity contribution in [3.05, 3.63) is 82.2 Å². The molecule has 0 bridgehead atoms. The Kier molecular flexibility index (Phi) is 9.42. The lowest BCUT2D eigenvalue weighted by Gasteiger charge is -2.44. The van der Waals surface area contributed by atoms with E-state index in [1.54, 1.807) is 0 Å². The van der Waals surface area contributed by atoms with Crippen LogP contribution in [0.4, 0.5) is 0 Å².